The normalized spacial score (nSPS) is 11.5. The van der Waals surface area contributed by atoms with E-state index in [1.807, 2.05) is 30.3 Å². The summed E-state index contributed by atoms with van der Waals surface area (Å²) in [6.07, 6.45) is 2.95. The van der Waals surface area contributed by atoms with Crippen LogP contribution in [-0.4, -0.2) is 10.9 Å². The van der Waals surface area contributed by atoms with E-state index in [1.54, 1.807) is 30.3 Å². The lowest BCUT2D eigenvalue weighted by Crippen LogP contribution is -2.13. The van der Waals surface area contributed by atoms with Crippen molar-refractivity contribution in [3.63, 3.8) is 0 Å². The zero-order valence-electron chi connectivity index (χ0n) is 15.4. The van der Waals surface area contributed by atoms with Gasteiger partial charge in [0.25, 0.3) is 5.91 Å². The van der Waals surface area contributed by atoms with E-state index in [2.05, 4.69) is 10.3 Å². The summed E-state index contributed by atoms with van der Waals surface area (Å²) in [5, 5.41) is 3.74. The number of rotatable bonds is 4. The van der Waals surface area contributed by atoms with Gasteiger partial charge < -0.3 is 26.9 Å². The van der Waals surface area contributed by atoms with Crippen molar-refractivity contribution in [3.05, 3.63) is 89.9 Å². The van der Waals surface area contributed by atoms with Gasteiger partial charge in [0, 0.05) is 51.9 Å². The molecular weight excluding hydrogens is 366 g/mol. The minimum Gasteiger partial charge on any atom is -0.456 e. The van der Waals surface area contributed by atoms with Gasteiger partial charge >= 0.3 is 0 Å². The van der Waals surface area contributed by atoms with Crippen molar-refractivity contribution < 1.29 is 9.21 Å². The van der Waals surface area contributed by atoms with Gasteiger partial charge in [-0.25, -0.2) is 4.98 Å². The second-order valence-electron chi connectivity index (χ2n) is 6.45. The maximum absolute atomic E-state index is 12.7. The molecule has 144 valence electrons. The Morgan fingerprint density at radius 1 is 1.03 bits per heavy atom. The Hall–Kier alpha value is -4.26. The van der Waals surface area contributed by atoms with Crippen molar-refractivity contribution in [2.75, 3.05) is 16.8 Å². The number of nitrogen functional groups attached to an aromatic ring is 2. The lowest BCUT2D eigenvalue weighted by Gasteiger charge is -2.11. The van der Waals surface area contributed by atoms with Crippen LogP contribution in [0.25, 0.3) is 16.5 Å². The molecule has 1 amide bonds. The number of pyridine rings is 1. The first-order chi connectivity index (χ1) is 14.0. The number of carbonyl (C=O) groups is 1. The van der Waals surface area contributed by atoms with Gasteiger partial charge in [0.05, 0.1) is 0 Å². The van der Waals surface area contributed by atoms with Crippen LogP contribution in [0.3, 0.4) is 0 Å². The Balaban J connectivity index is 1.69. The van der Waals surface area contributed by atoms with Crippen LogP contribution >= 0.6 is 0 Å². The van der Waals surface area contributed by atoms with Crippen LogP contribution in [0.2, 0.25) is 0 Å². The number of hydrogen-bond donors (Lipinski definition) is 4. The number of furan rings is 1. The Bertz CT molecular complexity index is 1210. The summed E-state index contributed by atoms with van der Waals surface area (Å²) in [4.78, 5) is 16.6. The standard InChI is InChI=1S/C22H19N5O2/c23-12-17(20-10-13-3-1-2-4-19(13)29-20)16-9-14(5-6-18(16)24)22(28)27-15-7-8-26-21(25)11-15/h1-12H,23-24H2,(H3,25,26,27,28)/b17-12+. The van der Waals surface area contributed by atoms with Crippen LogP contribution < -0.4 is 22.5 Å². The molecule has 0 bridgehead atoms. The molecule has 2 heterocycles. The fraction of sp³-hybridized carbons (Fsp3) is 0. The molecule has 4 aromatic rings. The number of amides is 1. The molecule has 7 nitrogen and oxygen atoms in total. The number of para-hydroxylation sites is 1. The third-order valence-corrected chi connectivity index (χ3v) is 4.50. The topological polar surface area (TPSA) is 133 Å². The van der Waals surface area contributed by atoms with Crippen LogP contribution in [0, 0.1) is 0 Å². The quantitative estimate of drug-likeness (QED) is 0.397. The van der Waals surface area contributed by atoms with Gasteiger partial charge in [0.1, 0.15) is 17.2 Å². The summed E-state index contributed by atoms with van der Waals surface area (Å²) in [5.74, 6) is 0.580. The lowest BCUT2D eigenvalue weighted by atomic mass is 9.99. The first kappa shape index (κ1) is 18.1. The second-order valence-corrected chi connectivity index (χ2v) is 6.45. The maximum atomic E-state index is 12.7. The van der Waals surface area contributed by atoms with Gasteiger partial charge in [-0.15, -0.1) is 0 Å². The van der Waals surface area contributed by atoms with E-state index in [0.29, 0.717) is 39.7 Å². The van der Waals surface area contributed by atoms with Gasteiger partial charge in [-0.2, -0.15) is 0 Å². The zero-order chi connectivity index (χ0) is 20.4. The Labute approximate surface area is 166 Å². The first-order valence-electron chi connectivity index (χ1n) is 8.89. The highest BCUT2D eigenvalue weighted by Gasteiger charge is 2.16. The van der Waals surface area contributed by atoms with Crippen LogP contribution in [0.5, 0.6) is 0 Å². The third-order valence-electron chi connectivity index (χ3n) is 4.50. The average molecular weight is 385 g/mol. The van der Waals surface area contributed by atoms with Crippen molar-refractivity contribution in [1.29, 1.82) is 0 Å². The fourth-order valence-electron chi connectivity index (χ4n) is 3.08. The Morgan fingerprint density at radius 2 is 1.86 bits per heavy atom. The summed E-state index contributed by atoms with van der Waals surface area (Å²) < 4.78 is 5.91. The molecule has 4 rings (SSSR count). The van der Waals surface area contributed by atoms with Crippen LogP contribution in [0.1, 0.15) is 21.7 Å². The van der Waals surface area contributed by atoms with Crippen LogP contribution in [0.4, 0.5) is 17.2 Å². The summed E-state index contributed by atoms with van der Waals surface area (Å²) in [6, 6.07) is 17.8. The Kier molecular flexibility index (Phi) is 4.62. The van der Waals surface area contributed by atoms with E-state index in [1.165, 1.54) is 12.4 Å². The molecule has 0 radical (unpaired) electrons. The van der Waals surface area contributed by atoms with E-state index in [4.69, 9.17) is 21.6 Å². The minimum atomic E-state index is -0.308. The average Bonchev–Trinajstić information content (AvgIpc) is 3.13. The minimum absolute atomic E-state index is 0.308. The predicted molar refractivity (Wildman–Crippen MR) is 115 cm³/mol. The van der Waals surface area contributed by atoms with E-state index in [-0.39, 0.29) is 5.91 Å². The molecule has 29 heavy (non-hydrogen) atoms. The van der Waals surface area contributed by atoms with Gasteiger partial charge in [0.15, 0.2) is 0 Å². The van der Waals surface area contributed by atoms with Gasteiger partial charge in [-0.3, -0.25) is 4.79 Å². The number of nitrogens with one attached hydrogen (secondary N) is 1. The molecule has 0 unspecified atom stereocenters. The number of carbonyl (C=O) groups excluding carboxylic acids is 1. The highest BCUT2D eigenvalue weighted by atomic mass is 16.3. The molecule has 7 heteroatoms. The van der Waals surface area contributed by atoms with Gasteiger partial charge in [-0.1, -0.05) is 18.2 Å². The number of hydrogen-bond acceptors (Lipinski definition) is 6. The van der Waals surface area contributed by atoms with Crippen molar-refractivity contribution in [1.82, 2.24) is 4.98 Å². The largest absolute Gasteiger partial charge is 0.456 e. The fourth-order valence-corrected chi connectivity index (χ4v) is 3.08. The number of nitrogens with zero attached hydrogens (tertiary/aromatic N) is 1. The zero-order valence-corrected chi connectivity index (χ0v) is 15.4. The van der Waals surface area contributed by atoms with Gasteiger partial charge in [0.2, 0.25) is 0 Å². The Morgan fingerprint density at radius 3 is 2.62 bits per heavy atom. The maximum Gasteiger partial charge on any atom is 0.255 e. The van der Waals surface area contributed by atoms with Crippen molar-refractivity contribution in [2.24, 2.45) is 5.73 Å². The molecule has 0 aliphatic heterocycles. The molecule has 2 aromatic heterocycles. The molecule has 0 aliphatic rings. The molecule has 0 atom stereocenters. The molecule has 0 aliphatic carbocycles. The highest BCUT2D eigenvalue weighted by Crippen LogP contribution is 2.32. The van der Waals surface area contributed by atoms with Crippen molar-refractivity contribution in [2.45, 2.75) is 0 Å². The number of nitrogens with two attached hydrogens (primary N) is 3. The molecule has 0 saturated carbocycles. The monoisotopic (exact) mass is 385 g/mol. The highest BCUT2D eigenvalue weighted by molar-refractivity contribution is 6.05. The molecule has 2 aromatic carbocycles. The number of benzene rings is 2. The molecule has 0 saturated heterocycles. The van der Waals surface area contributed by atoms with E-state index < -0.39 is 0 Å². The van der Waals surface area contributed by atoms with E-state index >= 15 is 0 Å². The predicted octanol–water partition coefficient (Wildman–Crippen LogP) is 3.59. The number of aromatic nitrogens is 1. The number of anilines is 3. The van der Waals surface area contributed by atoms with Crippen molar-refractivity contribution >= 4 is 39.6 Å². The molecule has 7 N–H and O–H groups in total. The van der Waals surface area contributed by atoms with Gasteiger partial charge in [-0.05, 0) is 36.4 Å². The summed E-state index contributed by atoms with van der Waals surface area (Å²) in [6.45, 7) is 0. The number of fused-ring (bicyclic) bond motifs is 1. The van der Waals surface area contributed by atoms with E-state index in [9.17, 15) is 4.79 Å². The molecular formula is C22H19N5O2. The summed E-state index contributed by atoms with van der Waals surface area (Å²) in [7, 11) is 0. The lowest BCUT2D eigenvalue weighted by molar-refractivity contribution is 0.102. The first-order valence-corrected chi connectivity index (χ1v) is 8.89. The SMILES string of the molecule is N/C=C(/c1cc2ccccc2o1)c1cc(C(=O)Nc2ccnc(N)c2)ccc1N. The molecule has 0 spiro atoms. The summed E-state index contributed by atoms with van der Waals surface area (Å²) >= 11 is 0. The summed E-state index contributed by atoms with van der Waals surface area (Å²) in [5.41, 5.74) is 21.1. The molecule has 0 fully saturated rings. The van der Waals surface area contributed by atoms with Crippen LogP contribution in [0.15, 0.2) is 77.5 Å². The van der Waals surface area contributed by atoms with Crippen molar-refractivity contribution in [3.8, 4) is 0 Å². The van der Waals surface area contributed by atoms with Crippen LogP contribution in [-0.2, 0) is 0 Å². The van der Waals surface area contributed by atoms with E-state index in [0.717, 1.165) is 11.0 Å². The third kappa shape index (κ3) is 3.61. The second kappa shape index (κ2) is 7.40. The smallest absolute Gasteiger partial charge is 0.255 e.